The lowest BCUT2D eigenvalue weighted by Gasteiger charge is -2.08. The molecule has 3 rings (SSSR count). The zero-order valence-corrected chi connectivity index (χ0v) is 15.6. The molecule has 0 amide bonds. The maximum absolute atomic E-state index is 12.8. The van der Waals surface area contributed by atoms with Crippen LogP contribution in [0.4, 0.5) is 5.69 Å². The van der Waals surface area contributed by atoms with E-state index < -0.39 is 16.7 Å². The number of ketones is 1. The Bertz CT molecular complexity index is 1080. The Morgan fingerprint density at radius 2 is 1.61 bits per heavy atom. The fraction of sp³-hybridized carbons (Fsp3) is 0.0476. The van der Waals surface area contributed by atoms with E-state index in [1.807, 2.05) is 31.2 Å². The molecule has 0 aliphatic carbocycles. The Morgan fingerprint density at radius 1 is 0.964 bits per heavy atom. The van der Waals surface area contributed by atoms with E-state index in [0.717, 1.165) is 10.5 Å². The van der Waals surface area contributed by atoms with E-state index in [2.05, 4.69) is 0 Å². The number of carbonyl (C=O) groups is 2. The Balaban J connectivity index is 1.99. The SMILES string of the molecule is Cc1ccc(Sc2ccc(C(=O)c3ccccc3C(=O)O)cc2[N+](=O)[O-])cc1. The van der Waals surface area contributed by atoms with E-state index in [4.69, 9.17) is 0 Å². The van der Waals surface area contributed by atoms with E-state index in [-0.39, 0.29) is 22.4 Å². The van der Waals surface area contributed by atoms with Crippen LogP contribution in [0.5, 0.6) is 0 Å². The van der Waals surface area contributed by atoms with Gasteiger partial charge >= 0.3 is 5.97 Å². The smallest absolute Gasteiger partial charge is 0.336 e. The second-order valence-corrected chi connectivity index (χ2v) is 7.15. The van der Waals surface area contributed by atoms with Gasteiger partial charge in [-0.05, 0) is 37.3 Å². The number of nitro benzene ring substituents is 1. The number of aromatic carboxylic acids is 1. The van der Waals surface area contributed by atoms with Crippen molar-refractivity contribution in [2.75, 3.05) is 0 Å². The van der Waals surface area contributed by atoms with Gasteiger partial charge in [0.25, 0.3) is 5.69 Å². The molecule has 140 valence electrons. The molecule has 1 N–H and O–H groups in total. The molecule has 0 aromatic heterocycles. The molecule has 7 heteroatoms. The largest absolute Gasteiger partial charge is 0.478 e. The van der Waals surface area contributed by atoms with Gasteiger partial charge in [-0.2, -0.15) is 0 Å². The number of benzene rings is 3. The van der Waals surface area contributed by atoms with Crippen molar-refractivity contribution in [3.63, 3.8) is 0 Å². The third-order valence-corrected chi connectivity index (χ3v) is 5.14. The summed E-state index contributed by atoms with van der Waals surface area (Å²) < 4.78 is 0. The summed E-state index contributed by atoms with van der Waals surface area (Å²) in [5.74, 6) is -1.81. The van der Waals surface area contributed by atoms with Gasteiger partial charge in [-0.15, -0.1) is 0 Å². The highest BCUT2D eigenvalue weighted by Gasteiger charge is 2.22. The number of hydrogen-bond donors (Lipinski definition) is 1. The summed E-state index contributed by atoms with van der Waals surface area (Å²) in [7, 11) is 0. The van der Waals surface area contributed by atoms with Crippen molar-refractivity contribution in [2.24, 2.45) is 0 Å². The highest BCUT2D eigenvalue weighted by atomic mass is 32.2. The summed E-state index contributed by atoms with van der Waals surface area (Å²) >= 11 is 1.23. The van der Waals surface area contributed by atoms with E-state index in [0.29, 0.717) is 4.90 Å². The summed E-state index contributed by atoms with van der Waals surface area (Å²) in [5.41, 5.74) is 0.784. The molecule has 0 radical (unpaired) electrons. The molecule has 0 unspecified atom stereocenters. The number of carboxylic acids is 1. The molecular weight excluding hydrogens is 378 g/mol. The maximum atomic E-state index is 12.8. The number of carboxylic acid groups (broad SMARTS) is 1. The predicted octanol–water partition coefficient (Wildman–Crippen LogP) is 4.98. The Hall–Kier alpha value is -3.45. The van der Waals surface area contributed by atoms with Gasteiger partial charge < -0.3 is 5.11 Å². The minimum absolute atomic E-state index is 0.0109. The van der Waals surface area contributed by atoms with Gasteiger partial charge in [-0.3, -0.25) is 14.9 Å². The van der Waals surface area contributed by atoms with Gasteiger partial charge in [0, 0.05) is 22.1 Å². The van der Waals surface area contributed by atoms with Crippen LogP contribution in [0.25, 0.3) is 0 Å². The monoisotopic (exact) mass is 393 g/mol. The van der Waals surface area contributed by atoms with E-state index in [9.17, 15) is 24.8 Å². The molecule has 3 aromatic rings. The number of carbonyl (C=O) groups excluding carboxylic acids is 1. The first-order valence-corrected chi connectivity index (χ1v) is 9.08. The number of nitro groups is 1. The molecule has 0 aliphatic heterocycles. The summed E-state index contributed by atoms with van der Waals surface area (Å²) in [6.45, 7) is 1.95. The average molecular weight is 393 g/mol. The Labute approximate surface area is 165 Å². The summed E-state index contributed by atoms with van der Waals surface area (Å²) in [6, 6.07) is 17.5. The molecule has 3 aromatic carbocycles. The van der Waals surface area contributed by atoms with Crippen LogP contribution in [0.1, 0.15) is 31.8 Å². The van der Waals surface area contributed by atoms with Gasteiger partial charge in [-0.25, -0.2) is 4.79 Å². The summed E-state index contributed by atoms with van der Waals surface area (Å²) in [6.07, 6.45) is 0. The lowest BCUT2D eigenvalue weighted by Crippen LogP contribution is -2.10. The van der Waals surface area contributed by atoms with Crippen LogP contribution >= 0.6 is 11.8 Å². The second kappa shape index (κ2) is 8.06. The number of nitrogens with zero attached hydrogens (tertiary/aromatic N) is 1. The number of aryl methyl sites for hydroxylation is 1. The van der Waals surface area contributed by atoms with Crippen molar-refractivity contribution >= 4 is 29.2 Å². The van der Waals surface area contributed by atoms with Gasteiger partial charge in [0.15, 0.2) is 5.78 Å². The normalized spacial score (nSPS) is 10.5. The molecular formula is C21H15NO5S. The van der Waals surface area contributed by atoms with Crippen LogP contribution in [0.15, 0.2) is 76.5 Å². The zero-order valence-electron chi connectivity index (χ0n) is 14.8. The summed E-state index contributed by atoms with van der Waals surface area (Å²) in [4.78, 5) is 36.3. The fourth-order valence-electron chi connectivity index (χ4n) is 2.64. The highest BCUT2D eigenvalue weighted by Crippen LogP contribution is 2.36. The van der Waals surface area contributed by atoms with Crippen LogP contribution < -0.4 is 0 Å². The van der Waals surface area contributed by atoms with Crippen LogP contribution in [0.3, 0.4) is 0 Å². The van der Waals surface area contributed by atoms with Crippen LogP contribution in [0.2, 0.25) is 0 Å². The van der Waals surface area contributed by atoms with Crippen molar-refractivity contribution in [1.29, 1.82) is 0 Å². The highest BCUT2D eigenvalue weighted by molar-refractivity contribution is 7.99. The molecule has 28 heavy (non-hydrogen) atoms. The number of rotatable bonds is 6. The first kappa shape index (κ1) is 19.3. The first-order valence-electron chi connectivity index (χ1n) is 8.27. The lowest BCUT2D eigenvalue weighted by molar-refractivity contribution is -0.387. The van der Waals surface area contributed by atoms with Gasteiger partial charge in [0.05, 0.1) is 15.4 Å². The average Bonchev–Trinajstić information content (AvgIpc) is 2.69. The zero-order chi connectivity index (χ0) is 20.3. The topological polar surface area (TPSA) is 97.5 Å². The molecule has 0 bridgehead atoms. The Morgan fingerprint density at radius 3 is 2.21 bits per heavy atom. The third-order valence-electron chi connectivity index (χ3n) is 4.07. The van der Waals surface area contributed by atoms with Crippen molar-refractivity contribution in [1.82, 2.24) is 0 Å². The molecule has 0 saturated heterocycles. The predicted molar refractivity (Wildman–Crippen MR) is 105 cm³/mol. The molecule has 0 saturated carbocycles. The number of hydrogen-bond acceptors (Lipinski definition) is 5. The van der Waals surface area contributed by atoms with Crippen LogP contribution in [0, 0.1) is 17.0 Å². The lowest BCUT2D eigenvalue weighted by atomic mass is 9.98. The maximum Gasteiger partial charge on any atom is 0.336 e. The van der Waals surface area contributed by atoms with E-state index in [1.54, 1.807) is 6.07 Å². The van der Waals surface area contributed by atoms with Crippen LogP contribution in [-0.2, 0) is 0 Å². The molecule has 6 nitrogen and oxygen atoms in total. The minimum Gasteiger partial charge on any atom is -0.478 e. The van der Waals surface area contributed by atoms with Crippen molar-refractivity contribution in [3.8, 4) is 0 Å². The van der Waals surface area contributed by atoms with Crippen molar-refractivity contribution in [3.05, 3.63) is 99.1 Å². The third kappa shape index (κ3) is 4.10. The van der Waals surface area contributed by atoms with Gasteiger partial charge in [0.1, 0.15) is 0 Å². The first-order chi connectivity index (χ1) is 13.4. The van der Waals surface area contributed by atoms with Crippen LogP contribution in [-0.4, -0.2) is 21.8 Å². The molecule has 0 aliphatic rings. The second-order valence-electron chi connectivity index (χ2n) is 6.03. The van der Waals surface area contributed by atoms with E-state index in [1.165, 1.54) is 48.2 Å². The minimum atomic E-state index is -1.23. The summed E-state index contributed by atoms with van der Waals surface area (Å²) in [5, 5.41) is 20.8. The standard InChI is InChI=1S/C21H15NO5S/c1-13-6-9-15(10-7-13)28-19-11-8-14(12-18(19)22(26)27)20(23)16-4-2-3-5-17(16)21(24)25/h2-12H,1H3,(H,24,25). The molecule has 0 atom stereocenters. The van der Waals surface area contributed by atoms with Gasteiger partial charge in [0.2, 0.25) is 0 Å². The quantitative estimate of drug-likeness (QED) is 0.360. The molecule has 0 heterocycles. The van der Waals surface area contributed by atoms with Crippen molar-refractivity contribution < 1.29 is 19.6 Å². The Kier molecular flexibility index (Phi) is 5.56. The van der Waals surface area contributed by atoms with Crippen molar-refractivity contribution in [2.45, 2.75) is 16.7 Å². The van der Waals surface area contributed by atoms with E-state index >= 15 is 0 Å². The fourth-order valence-corrected chi connectivity index (χ4v) is 3.54. The molecule has 0 spiro atoms. The molecule has 0 fully saturated rings. The van der Waals surface area contributed by atoms with Gasteiger partial charge in [-0.1, -0.05) is 47.7 Å².